The summed E-state index contributed by atoms with van der Waals surface area (Å²) in [5.41, 5.74) is 4.71. The molecule has 5 nitrogen and oxygen atoms in total. The van der Waals surface area contributed by atoms with Crippen LogP contribution in [0.5, 0.6) is 0 Å². The van der Waals surface area contributed by atoms with Crippen molar-refractivity contribution in [3.05, 3.63) is 59.7 Å². The van der Waals surface area contributed by atoms with Gasteiger partial charge in [0.2, 0.25) is 5.95 Å². The number of fused-ring (bicyclic) bond motifs is 3. The maximum Gasteiger partial charge on any atom is 0.226 e. The van der Waals surface area contributed by atoms with E-state index in [2.05, 4.69) is 47.4 Å². The van der Waals surface area contributed by atoms with Gasteiger partial charge in [0.05, 0.1) is 17.0 Å². The van der Waals surface area contributed by atoms with Crippen molar-refractivity contribution in [2.75, 3.05) is 44.4 Å². The number of benzene rings is 2. The average molecular weight is 403 g/mol. The van der Waals surface area contributed by atoms with Crippen molar-refractivity contribution in [3.8, 4) is 22.5 Å². The zero-order chi connectivity index (χ0) is 20.0. The normalized spacial score (nSPS) is 16.1. The number of rotatable bonds is 3. The first-order valence-electron chi connectivity index (χ1n) is 9.80. The van der Waals surface area contributed by atoms with Crippen LogP contribution in [0.1, 0.15) is 15.9 Å². The molecule has 2 heterocycles. The summed E-state index contributed by atoms with van der Waals surface area (Å²) in [7, 11) is 2.13. The summed E-state index contributed by atoms with van der Waals surface area (Å²) in [6.45, 7) is 3.73. The highest BCUT2D eigenvalue weighted by atomic mass is 32.2. The summed E-state index contributed by atoms with van der Waals surface area (Å²) in [5, 5.41) is 0. The van der Waals surface area contributed by atoms with Crippen LogP contribution in [0.2, 0.25) is 0 Å². The Bertz CT molecular complexity index is 1090. The van der Waals surface area contributed by atoms with Gasteiger partial charge in [0, 0.05) is 47.8 Å². The highest BCUT2D eigenvalue weighted by Gasteiger charge is 2.33. The molecule has 1 fully saturated rings. The fourth-order valence-electron chi connectivity index (χ4n) is 3.99. The Hall–Kier alpha value is -2.70. The van der Waals surface area contributed by atoms with E-state index in [0.29, 0.717) is 17.1 Å². The molecule has 0 radical (unpaired) electrons. The number of carbonyl (C=O) groups is 1. The molecule has 3 aromatic rings. The molecule has 6 heteroatoms. The minimum Gasteiger partial charge on any atom is -0.338 e. The third-order valence-corrected chi connectivity index (χ3v) is 6.44. The van der Waals surface area contributed by atoms with Crippen molar-refractivity contribution in [2.45, 2.75) is 4.90 Å². The topological polar surface area (TPSA) is 49.3 Å². The lowest BCUT2D eigenvalue weighted by molar-refractivity contribution is 0.104. The Balaban J connectivity index is 1.69. The molecule has 0 saturated carbocycles. The highest BCUT2D eigenvalue weighted by Crippen LogP contribution is 2.41. The van der Waals surface area contributed by atoms with E-state index >= 15 is 0 Å². The van der Waals surface area contributed by atoms with E-state index in [9.17, 15) is 4.79 Å². The van der Waals surface area contributed by atoms with Gasteiger partial charge >= 0.3 is 0 Å². The lowest BCUT2D eigenvalue weighted by atomic mass is 10.0. The number of aromatic nitrogens is 2. The lowest BCUT2D eigenvalue weighted by Gasteiger charge is -2.32. The van der Waals surface area contributed by atoms with Crippen molar-refractivity contribution in [1.82, 2.24) is 14.9 Å². The number of carbonyl (C=O) groups excluding carboxylic acids is 1. The predicted molar refractivity (Wildman–Crippen MR) is 118 cm³/mol. The summed E-state index contributed by atoms with van der Waals surface area (Å²) in [6.07, 6.45) is 2.06. The Kier molecular flexibility index (Phi) is 4.60. The molecular formula is C23H22N4OS. The predicted octanol–water partition coefficient (Wildman–Crippen LogP) is 3.83. The maximum atomic E-state index is 13.2. The van der Waals surface area contributed by atoms with Gasteiger partial charge in [0.1, 0.15) is 0 Å². The number of nitrogens with zero attached hydrogens (tertiary/aromatic N) is 4. The highest BCUT2D eigenvalue weighted by molar-refractivity contribution is 7.98. The molecule has 1 aromatic heterocycles. The monoisotopic (exact) mass is 402 g/mol. The lowest BCUT2D eigenvalue weighted by Crippen LogP contribution is -2.45. The van der Waals surface area contributed by atoms with Crippen LogP contribution in [0.25, 0.3) is 22.5 Å². The van der Waals surface area contributed by atoms with Gasteiger partial charge in [-0.05, 0) is 25.4 Å². The number of hydrogen-bond acceptors (Lipinski definition) is 6. The molecule has 146 valence electrons. The third-order valence-electron chi connectivity index (χ3n) is 5.70. The molecule has 29 heavy (non-hydrogen) atoms. The number of hydrogen-bond donors (Lipinski definition) is 0. The van der Waals surface area contributed by atoms with Crippen LogP contribution in [0.4, 0.5) is 5.95 Å². The molecule has 2 aromatic carbocycles. The third kappa shape index (κ3) is 3.12. The Morgan fingerprint density at radius 1 is 0.862 bits per heavy atom. The quantitative estimate of drug-likeness (QED) is 0.486. The second-order valence-electron chi connectivity index (χ2n) is 7.49. The molecule has 5 rings (SSSR count). The van der Waals surface area contributed by atoms with Gasteiger partial charge in [-0.3, -0.25) is 4.79 Å². The first-order chi connectivity index (χ1) is 14.2. The van der Waals surface area contributed by atoms with E-state index < -0.39 is 0 Å². The van der Waals surface area contributed by atoms with Gasteiger partial charge in [-0.1, -0.05) is 36.4 Å². The largest absolute Gasteiger partial charge is 0.338 e. The molecule has 0 N–H and O–H groups in total. The van der Waals surface area contributed by atoms with E-state index in [1.165, 1.54) is 4.90 Å². The Labute approximate surface area is 174 Å². The minimum atomic E-state index is 0.0180. The van der Waals surface area contributed by atoms with E-state index in [-0.39, 0.29) is 5.78 Å². The summed E-state index contributed by atoms with van der Waals surface area (Å²) >= 11 is 1.70. The molecule has 0 spiro atoms. The van der Waals surface area contributed by atoms with Crippen molar-refractivity contribution >= 4 is 23.5 Å². The van der Waals surface area contributed by atoms with Crippen molar-refractivity contribution in [3.63, 3.8) is 0 Å². The number of ketones is 1. The fraction of sp³-hybridized carbons (Fsp3) is 0.261. The number of piperazine rings is 1. The summed E-state index contributed by atoms with van der Waals surface area (Å²) < 4.78 is 0. The molecular weight excluding hydrogens is 380 g/mol. The number of thioether (sulfide) groups is 1. The molecule has 0 unspecified atom stereocenters. The van der Waals surface area contributed by atoms with Gasteiger partial charge < -0.3 is 9.80 Å². The minimum absolute atomic E-state index is 0.0180. The van der Waals surface area contributed by atoms with Crippen LogP contribution in [0, 0.1) is 0 Å². The van der Waals surface area contributed by atoms with Gasteiger partial charge in [0.25, 0.3) is 0 Å². The maximum absolute atomic E-state index is 13.2. The molecule has 1 aliphatic carbocycles. The van der Waals surface area contributed by atoms with Crippen LogP contribution >= 0.6 is 11.8 Å². The fourth-order valence-corrected chi connectivity index (χ4v) is 4.40. The Morgan fingerprint density at radius 2 is 1.52 bits per heavy atom. The molecule has 0 amide bonds. The van der Waals surface area contributed by atoms with E-state index in [4.69, 9.17) is 9.97 Å². The summed E-state index contributed by atoms with van der Waals surface area (Å²) in [4.78, 5) is 28.8. The standard InChI is InChI=1S/C23H22N4OS/c1-26-11-13-27(14-12-26)23-24-20(15-7-9-16(29-2)10-8-15)19-21(25-23)17-5-3-4-6-18(17)22(19)28/h3-10H,11-14H2,1-2H3. The van der Waals surface area contributed by atoms with E-state index in [1.54, 1.807) is 11.8 Å². The molecule has 1 saturated heterocycles. The molecule has 2 aliphatic rings. The van der Waals surface area contributed by atoms with E-state index in [1.807, 2.05) is 24.3 Å². The number of anilines is 1. The Morgan fingerprint density at radius 3 is 2.21 bits per heavy atom. The zero-order valence-corrected chi connectivity index (χ0v) is 17.4. The van der Waals surface area contributed by atoms with E-state index in [0.717, 1.165) is 48.7 Å². The summed E-state index contributed by atoms with van der Waals surface area (Å²) in [5.74, 6) is 0.731. The smallest absolute Gasteiger partial charge is 0.226 e. The van der Waals surface area contributed by atoms with Crippen molar-refractivity contribution < 1.29 is 4.79 Å². The van der Waals surface area contributed by atoms with Crippen LogP contribution in [-0.4, -0.2) is 60.1 Å². The second-order valence-corrected chi connectivity index (χ2v) is 8.37. The molecule has 1 aliphatic heterocycles. The van der Waals surface area contributed by atoms with Crippen LogP contribution in [-0.2, 0) is 0 Å². The van der Waals surface area contributed by atoms with Gasteiger partial charge in [-0.2, -0.15) is 0 Å². The van der Waals surface area contributed by atoms with Gasteiger partial charge in [-0.25, -0.2) is 9.97 Å². The van der Waals surface area contributed by atoms with Crippen LogP contribution < -0.4 is 4.90 Å². The van der Waals surface area contributed by atoms with Gasteiger partial charge in [-0.15, -0.1) is 11.8 Å². The molecule has 0 bridgehead atoms. The molecule has 0 atom stereocenters. The second kappa shape index (κ2) is 7.28. The average Bonchev–Trinajstić information content (AvgIpc) is 3.06. The number of likely N-dealkylation sites (N-methyl/N-ethyl adjacent to an activating group) is 1. The first kappa shape index (κ1) is 18.3. The SMILES string of the molecule is CSc1ccc(-c2nc(N3CCN(C)CC3)nc3c2C(=O)c2ccccc2-3)cc1. The van der Waals surface area contributed by atoms with Crippen LogP contribution in [0.15, 0.2) is 53.4 Å². The zero-order valence-electron chi connectivity index (χ0n) is 16.6. The van der Waals surface area contributed by atoms with Crippen molar-refractivity contribution in [2.24, 2.45) is 0 Å². The summed E-state index contributed by atoms with van der Waals surface area (Å²) in [6, 6.07) is 16.0. The van der Waals surface area contributed by atoms with Crippen molar-refractivity contribution in [1.29, 1.82) is 0 Å². The van der Waals surface area contributed by atoms with Gasteiger partial charge in [0.15, 0.2) is 5.78 Å². The van der Waals surface area contributed by atoms with Crippen LogP contribution in [0.3, 0.4) is 0 Å². The first-order valence-corrected chi connectivity index (χ1v) is 11.0.